The molecule has 0 fully saturated rings. The second-order valence-corrected chi connectivity index (χ2v) is 6.59. The first-order chi connectivity index (χ1) is 9.22. The summed E-state index contributed by atoms with van der Waals surface area (Å²) in [6.45, 7) is 6.82. The molecule has 1 aliphatic rings. The normalized spacial score (nSPS) is 14.5. The summed E-state index contributed by atoms with van der Waals surface area (Å²) in [5.41, 5.74) is 9.28. The molecule has 0 N–H and O–H groups in total. The lowest BCUT2D eigenvalue weighted by molar-refractivity contribution is 0.976. The molecule has 1 aromatic heterocycles. The maximum atomic E-state index is 2.41. The molecule has 0 aliphatic heterocycles. The van der Waals surface area contributed by atoms with E-state index in [1.807, 2.05) is 0 Å². The molecule has 0 saturated heterocycles. The number of rotatable bonds is 3. The smallest absolute Gasteiger partial charge is 0.000754 e. The predicted molar refractivity (Wildman–Crippen MR) is 87.3 cm³/mol. The van der Waals surface area contributed by atoms with E-state index in [1.165, 1.54) is 35.1 Å². The minimum Gasteiger partial charge on any atom is -0.131 e. The number of aryl methyl sites for hydroxylation is 1. The SMILES string of the molecule is CCCC1=C(c2[pH]cc(C)c2C)Cc2ccccc21. The fourth-order valence-electron chi connectivity index (χ4n) is 3.11. The summed E-state index contributed by atoms with van der Waals surface area (Å²) in [4.78, 5) is 0. The number of fused-ring (bicyclic) bond motifs is 1. The van der Waals surface area contributed by atoms with E-state index in [-0.39, 0.29) is 0 Å². The summed E-state index contributed by atoms with van der Waals surface area (Å²) < 4.78 is 0. The molecule has 1 heteroatoms. The maximum Gasteiger partial charge on any atom is -0.000754 e. The lowest BCUT2D eigenvalue weighted by atomic mass is 9.99. The third-order valence-corrected chi connectivity index (χ3v) is 5.82. The van der Waals surface area contributed by atoms with Crippen molar-refractivity contribution in [2.45, 2.75) is 40.0 Å². The zero-order valence-electron chi connectivity index (χ0n) is 12.0. The van der Waals surface area contributed by atoms with E-state index in [9.17, 15) is 0 Å². The van der Waals surface area contributed by atoms with E-state index in [0.717, 1.165) is 14.6 Å². The van der Waals surface area contributed by atoms with E-state index >= 15 is 0 Å². The van der Waals surface area contributed by atoms with E-state index in [4.69, 9.17) is 0 Å². The van der Waals surface area contributed by atoms with Crippen LogP contribution in [0.2, 0.25) is 0 Å². The van der Waals surface area contributed by atoms with Crippen molar-refractivity contribution in [1.82, 2.24) is 0 Å². The van der Waals surface area contributed by atoms with E-state index in [1.54, 1.807) is 16.4 Å². The Bertz CT molecular complexity index is 643. The summed E-state index contributed by atoms with van der Waals surface area (Å²) in [6.07, 6.45) is 3.59. The first-order valence-corrected chi connectivity index (χ1v) is 8.25. The topological polar surface area (TPSA) is 0 Å². The van der Waals surface area contributed by atoms with Crippen LogP contribution >= 0.6 is 8.19 Å². The monoisotopic (exact) mass is 268 g/mol. The summed E-state index contributed by atoms with van der Waals surface area (Å²) >= 11 is 0. The van der Waals surface area contributed by atoms with E-state index in [2.05, 4.69) is 50.8 Å². The predicted octanol–water partition coefficient (Wildman–Crippen LogP) is 5.60. The molecule has 98 valence electrons. The van der Waals surface area contributed by atoms with Crippen LogP contribution in [0.1, 0.15) is 47.3 Å². The van der Waals surface area contributed by atoms with Gasteiger partial charge in [0.15, 0.2) is 0 Å². The van der Waals surface area contributed by atoms with Gasteiger partial charge in [-0.1, -0.05) is 37.6 Å². The van der Waals surface area contributed by atoms with Crippen LogP contribution in [-0.2, 0) is 6.42 Å². The van der Waals surface area contributed by atoms with Gasteiger partial charge in [-0.2, -0.15) is 0 Å². The van der Waals surface area contributed by atoms with Gasteiger partial charge < -0.3 is 0 Å². The Morgan fingerprint density at radius 1 is 1.16 bits per heavy atom. The van der Waals surface area contributed by atoms with Crippen molar-refractivity contribution in [3.63, 3.8) is 0 Å². The quantitative estimate of drug-likeness (QED) is 0.679. The number of allylic oxidation sites excluding steroid dienone is 2. The van der Waals surface area contributed by atoms with Crippen LogP contribution in [-0.4, -0.2) is 0 Å². The minimum atomic E-state index is 0.872. The molecule has 1 atom stereocenters. The summed E-state index contributed by atoms with van der Waals surface area (Å²) in [6, 6.07) is 8.96. The second kappa shape index (κ2) is 5.02. The molecule has 1 aliphatic carbocycles. The molecule has 1 aromatic carbocycles. The van der Waals surface area contributed by atoms with Gasteiger partial charge in [-0.15, -0.1) is 8.19 Å². The summed E-state index contributed by atoms with van der Waals surface area (Å²) in [5.74, 6) is 2.41. The number of benzene rings is 1. The summed E-state index contributed by atoms with van der Waals surface area (Å²) in [7, 11) is 0.872. The standard InChI is InChI=1S/C18H21P/c1-4-7-16-15-9-6-5-8-14(15)10-17(16)18-13(3)12(2)11-19-18/h5-6,8-9,11,19H,4,7,10H2,1-3H3. The van der Waals surface area contributed by atoms with Gasteiger partial charge in [-0.3, -0.25) is 0 Å². The highest BCUT2D eigenvalue weighted by atomic mass is 31.0. The van der Waals surface area contributed by atoms with Crippen molar-refractivity contribution >= 4 is 19.3 Å². The first-order valence-electron chi connectivity index (χ1n) is 7.17. The molecule has 0 radical (unpaired) electrons. The molecule has 3 rings (SSSR count). The fraction of sp³-hybridized carbons (Fsp3) is 0.333. The van der Waals surface area contributed by atoms with Crippen LogP contribution < -0.4 is 0 Å². The lowest BCUT2D eigenvalue weighted by Gasteiger charge is -2.08. The highest BCUT2D eigenvalue weighted by molar-refractivity contribution is 7.31. The van der Waals surface area contributed by atoms with Gasteiger partial charge in [-0.05, 0) is 71.2 Å². The Morgan fingerprint density at radius 2 is 1.95 bits per heavy atom. The molecule has 0 saturated carbocycles. The molecule has 1 unspecified atom stereocenters. The Hall–Kier alpha value is -1.26. The molecule has 0 amide bonds. The molecular formula is C18H21P. The van der Waals surface area contributed by atoms with Gasteiger partial charge in [0.1, 0.15) is 0 Å². The summed E-state index contributed by atoms with van der Waals surface area (Å²) in [5, 5.41) is 1.62. The van der Waals surface area contributed by atoms with Gasteiger partial charge in [-0.25, -0.2) is 0 Å². The van der Waals surface area contributed by atoms with Crippen molar-refractivity contribution in [3.05, 3.63) is 57.6 Å². The fourth-order valence-corrected chi connectivity index (χ4v) is 4.52. The third-order valence-electron chi connectivity index (χ3n) is 4.28. The highest BCUT2D eigenvalue weighted by Gasteiger charge is 2.23. The highest BCUT2D eigenvalue weighted by Crippen LogP contribution is 2.45. The zero-order valence-corrected chi connectivity index (χ0v) is 13.0. The Labute approximate surface area is 117 Å². The molecule has 0 spiro atoms. The van der Waals surface area contributed by atoms with Crippen molar-refractivity contribution in [2.24, 2.45) is 0 Å². The Kier molecular flexibility index (Phi) is 3.37. The molecule has 0 nitrogen and oxygen atoms in total. The Morgan fingerprint density at radius 3 is 2.63 bits per heavy atom. The van der Waals surface area contributed by atoms with Crippen LogP contribution in [0.4, 0.5) is 0 Å². The van der Waals surface area contributed by atoms with Crippen LogP contribution in [0.5, 0.6) is 0 Å². The van der Waals surface area contributed by atoms with Crippen LogP contribution in [0.25, 0.3) is 11.1 Å². The average molecular weight is 268 g/mol. The maximum absolute atomic E-state index is 2.41. The molecule has 1 heterocycles. The minimum absolute atomic E-state index is 0.872. The van der Waals surface area contributed by atoms with Crippen LogP contribution in [0.3, 0.4) is 0 Å². The largest absolute Gasteiger partial charge is 0.131 e. The van der Waals surface area contributed by atoms with E-state index in [0.29, 0.717) is 0 Å². The van der Waals surface area contributed by atoms with Crippen molar-refractivity contribution < 1.29 is 0 Å². The molecule has 0 bridgehead atoms. The molecule has 2 aromatic rings. The number of hydrogen-bond donors (Lipinski definition) is 0. The van der Waals surface area contributed by atoms with Crippen molar-refractivity contribution in [3.8, 4) is 0 Å². The van der Waals surface area contributed by atoms with Crippen molar-refractivity contribution in [2.75, 3.05) is 0 Å². The lowest BCUT2D eigenvalue weighted by Crippen LogP contribution is -1.86. The second-order valence-electron chi connectivity index (χ2n) is 5.51. The molecule has 19 heavy (non-hydrogen) atoms. The van der Waals surface area contributed by atoms with Gasteiger partial charge in [0.25, 0.3) is 0 Å². The average Bonchev–Trinajstić information content (AvgIpc) is 2.93. The molecular weight excluding hydrogens is 247 g/mol. The Balaban J connectivity index is 2.14. The van der Waals surface area contributed by atoms with Gasteiger partial charge in [0.2, 0.25) is 0 Å². The number of hydrogen-bond acceptors (Lipinski definition) is 0. The van der Waals surface area contributed by atoms with Gasteiger partial charge in [0, 0.05) is 0 Å². The van der Waals surface area contributed by atoms with Crippen molar-refractivity contribution in [1.29, 1.82) is 0 Å². The van der Waals surface area contributed by atoms with Crippen LogP contribution in [0, 0.1) is 13.8 Å². The van der Waals surface area contributed by atoms with E-state index < -0.39 is 0 Å². The first kappa shape index (κ1) is 12.8. The third kappa shape index (κ3) is 2.09. The van der Waals surface area contributed by atoms with Gasteiger partial charge >= 0.3 is 0 Å². The van der Waals surface area contributed by atoms with Crippen LogP contribution in [0.15, 0.2) is 30.1 Å². The van der Waals surface area contributed by atoms with Gasteiger partial charge in [0.05, 0.1) is 0 Å². The zero-order chi connectivity index (χ0) is 13.4.